The second kappa shape index (κ2) is 7.14. The molecular weight excluding hydrogens is 386 g/mol. The standard InChI is InChI=1S/C20H19N7O3/c1-29-15-4-2-3-11-18(15)25-20(21)27-19(11)24-16(26-27)9-17(28)23-13-6-8-30-14-5-7-22-10-12(13)14/h2-5,7,10,13H,6,8-9H2,1H3,(H2,21,25)(H,23,28)/t13-/m0/s1. The van der Waals surface area contributed by atoms with E-state index in [0.717, 1.165) is 16.7 Å². The van der Waals surface area contributed by atoms with Crippen molar-refractivity contribution in [1.29, 1.82) is 0 Å². The number of anilines is 1. The molecule has 4 heterocycles. The van der Waals surface area contributed by atoms with Crippen molar-refractivity contribution in [3.05, 3.63) is 48.0 Å². The van der Waals surface area contributed by atoms with E-state index in [1.165, 1.54) is 4.52 Å². The van der Waals surface area contributed by atoms with Crippen molar-refractivity contribution in [1.82, 2.24) is 29.9 Å². The minimum Gasteiger partial charge on any atom is -0.494 e. The molecule has 0 spiro atoms. The van der Waals surface area contributed by atoms with Gasteiger partial charge in [-0.2, -0.15) is 4.52 Å². The molecule has 1 aliphatic heterocycles. The highest BCUT2D eigenvalue weighted by molar-refractivity contribution is 5.96. The number of para-hydroxylation sites is 1. The minimum atomic E-state index is -0.193. The van der Waals surface area contributed by atoms with Gasteiger partial charge in [0.25, 0.3) is 0 Å². The van der Waals surface area contributed by atoms with Gasteiger partial charge in [0.05, 0.1) is 26.2 Å². The Bertz CT molecular complexity index is 1270. The maximum atomic E-state index is 12.7. The number of amides is 1. The number of ether oxygens (including phenoxy) is 2. The molecule has 0 aliphatic carbocycles. The van der Waals surface area contributed by atoms with Crippen LogP contribution < -0.4 is 20.5 Å². The van der Waals surface area contributed by atoms with E-state index in [1.54, 1.807) is 31.6 Å². The number of benzene rings is 1. The molecule has 1 atom stereocenters. The lowest BCUT2D eigenvalue weighted by molar-refractivity contribution is -0.121. The largest absolute Gasteiger partial charge is 0.494 e. The predicted octanol–water partition coefficient (Wildman–Crippen LogP) is 1.45. The van der Waals surface area contributed by atoms with Gasteiger partial charge in [0.1, 0.15) is 17.0 Å². The zero-order valence-electron chi connectivity index (χ0n) is 16.2. The van der Waals surface area contributed by atoms with E-state index in [1.807, 2.05) is 12.1 Å². The first-order chi connectivity index (χ1) is 14.6. The van der Waals surface area contributed by atoms with Crippen molar-refractivity contribution in [3.8, 4) is 11.5 Å². The molecule has 1 aromatic carbocycles. The number of carbonyl (C=O) groups excluding carboxylic acids is 1. The van der Waals surface area contributed by atoms with Crippen molar-refractivity contribution in [2.45, 2.75) is 18.9 Å². The van der Waals surface area contributed by atoms with Crippen LogP contribution in [-0.2, 0) is 11.2 Å². The fraction of sp³-hybridized carbons (Fsp3) is 0.250. The van der Waals surface area contributed by atoms with Crippen molar-refractivity contribution in [2.24, 2.45) is 0 Å². The van der Waals surface area contributed by atoms with E-state index in [-0.39, 0.29) is 24.3 Å². The SMILES string of the molecule is COc1cccc2c1nc(N)n1nc(CC(=O)N[C@H]3CCOc4ccncc43)nc21. The van der Waals surface area contributed by atoms with Gasteiger partial charge in [0.15, 0.2) is 11.5 Å². The number of carbonyl (C=O) groups is 1. The summed E-state index contributed by atoms with van der Waals surface area (Å²) < 4.78 is 12.4. The Hall–Kier alpha value is -3.95. The zero-order valence-corrected chi connectivity index (χ0v) is 16.2. The van der Waals surface area contributed by atoms with Gasteiger partial charge in [-0.3, -0.25) is 9.78 Å². The minimum absolute atomic E-state index is 0.0134. The van der Waals surface area contributed by atoms with Gasteiger partial charge in [0, 0.05) is 29.8 Å². The number of fused-ring (bicyclic) bond motifs is 4. The molecule has 0 bridgehead atoms. The van der Waals surface area contributed by atoms with E-state index in [9.17, 15) is 4.79 Å². The van der Waals surface area contributed by atoms with E-state index in [4.69, 9.17) is 15.2 Å². The predicted molar refractivity (Wildman–Crippen MR) is 108 cm³/mol. The highest BCUT2D eigenvalue weighted by atomic mass is 16.5. The molecule has 152 valence electrons. The van der Waals surface area contributed by atoms with Gasteiger partial charge in [-0.1, -0.05) is 6.07 Å². The summed E-state index contributed by atoms with van der Waals surface area (Å²) in [5.41, 5.74) is 8.06. The van der Waals surface area contributed by atoms with Crippen molar-refractivity contribution >= 4 is 28.4 Å². The third-order valence-electron chi connectivity index (χ3n) is 5.06. The van der Waals surface area contributed by atoms with Crippen molar-refractivity contribution in [2.75, 3.05) is 19.5 Å². The van der Waals surface area contributed by atoms with Crippen LogP contribution in [0.1, 0.15) is 23.9 Å². The van der Waals surface area contributed by atoms with Crippen LogP contribution in [0.5, 0.6) is 11.5 Å². The molecule has 0 radical (unpaired) electrons. The smallest absolute Gasteiger partial charge is 0.228 e. The van der Waals surface area contributed by atoms with E-state index >= 15 is 0 Å². The molecule has 30 heavy (non-hydrogen) atoms. The van der Waals surface area contributed by atoms with E-state index in [0.29, 0.717) is 35.8 Å². The van der Waals surface area contributed by atoms with Gasteiger partial charge in [-0.15, -0.1) is 5.10 Å². The average molecular weight is 405 g/mol. The molecule has 3 N–H and O–H groups in total. The molecule has 10 nitrogen and oxygen atoms in total. The highest BCUT2D eigenvalue weighted by Gasteiger charge is 2.24. The lowest BCUT2D eigenvalue weighted by atomic mass is 10.0. The summed E-state index contributed by atoms with van der Waals surface area (Å²) in [5, 5.41) is 8.14. The highest BCUT2D eigenvalue weighted by Crippen LogP contribution is 2.31. The Morgan fingerprint density at radius 1 is 1.37 bits per heavy atom. The van der Waals surface area contributed by atoms with Gasteiger partial charge >= 0.3 is 0 Å². The van der Waals surface area contributed by atoms with Crippen molar-refractivity contribution < 1.29 is 14.3 Å². The summed E-state index contributed by atoms with van der Waals surface area (Å²) >= 11 is 0. The van der Waals surface area contributed by atoms with Crippen LogP contribution in [0.2, 0.25) is 0 Å². The normalized spacial score (nSPS) is 15.6. The molecule has 1 aliphatic rings. The molecule has 3 aromatic heterocycles. The first-order valence-electron chi connectivity index (χ1n) is 9.48. The third kappa shape index (κ3) is 3.02. The van der Waals surface area contributed by atoms with Crippen LogP contribution in [0.4, 0.5) is 5.95 Å². The fourth-order valence-corrected chi connectivity index (χ4v) is 3.68. The van der Waals surface area contributed by atoms with Gasteiger partial charge in [-0.25, -0.2) is 9.97 Å². The number of hydrogen-bond acceptors (Lipinski definition) is 8. The fourth-order valence-electron chi connectivity index (χ4n) is 3.68. The van der Waals surface area contributed by atoms with Gasteiger partial charge in [-0.05, 0) is 18.2 Å². The molecule has 0 saturated heterocycles. The van der Waals surface area contributed by atoms with Crippen LogP contribution in [0.3, 0.4) is 0 Å². The zero-order chi connectivity index (χ0) is 20.7. The van der Waals surface area contributed by atoms with E-state index < -0.39 is 0 Å². The Balaban J connectivity index is 1.43. The van der Waals surface area contributed by atoms with Crippen LogP contribution in [0, 0.1) is 0 Å². The number of nitrogens with one attached hydrogen (secondary N) is 1. The molecule has 10 heteroatoms. The molecular formula is C20H19N7O3. The molecule has 1 amide bonds. The Labute approximate surface area is 171 Å². The summed E-state index contributed by atoms with van der Waals surface area (Å²) in [7, 11) is 1.57. The Morgan fingerprint density at radius 3 is 3.13 bits per heavy atom. The summed E-state index contributed by atoms with van der Waals surface area (Å²) in [6, 6.07) is 7.15. The second-order valence-electron chi connectivity index (χ2n) is 6.94. The lowest BCUT2D eigenvalue weighted by Gasteiger charge is -2.26. The lowest BCUT2D eigenvalue weighted by Crippen LogP contribution is -2.33. The number of hydrogen-bond donors (Lipinski definition) is 2. The second-order valence-corrected chi connectivity index (χ2v) is 6.94. The third-order valence-corrected chi connectivity index (χ3v) is 5.06. The summed E-state index contributed by atoms with van der Waals surface area (Å²) in [6.45, 7) is 0.532. The van der Waals surface area contributed by atoms with Crippen molar-refractivity contribution in [3.63, 3.8) is 0 Å². The molecule has 5 rings (SSSR count). The topological polar surface area (TPSA) is 130 Å². The molecule has 0 fully saturated rings. The first kappa shape index (κ1) is 18.1. The summed E-state index contributed by atoms with van der Waals surface area (Å²) in [6.07, 6.45) is 4.07. The maximum absolute atomic E-state index is 12.7. The average Bonchev–Trinajstić information content (AvgIpc) is 3.18. The van der Waals surface area contributed by atoms with Crippen LogP contribution in [-0.4, -0.2) is 44.2 Å². The Kier molecular flexibility index (Phi) is 4.31. The number of nitrogens with zero attached hydrogens (tertiary/aromatic N) is 5. The quantitative estimate of drug-likeness (QED) is 0.522. The Morgan fingerprint density at radius 2 is 2.27 bits per heavy atom. The molecule has 4 aromatic rings. The number of nitrogens with two attached hydrogens (primary N) is 1. The van der Waals surface area contributed by atoms with Crippen LogP contribution in [0.15, 0.2) is 36.7 Å². The maximum Gasteiger partial charge on any atom is 0.228 e. The summed E-state index contributed by atoms with van der Waals surface area (Å²) in [4.78, 5) is 25.7. The number of aromatic nitrogens is 5. The number of methoxy groups -OCH3 is 1. The number of nitrogen functional groups attached to an aromatic ring is 1. The van der Waals surface area contributed by atoms with E-state index in [2.05, 4.69) is 25.4 Å². The summed E-state index contributed by atoms with van der Waals surface area (Å²) in [5.74, 6) is 1.67. The van der Waals surface area contributed by atoms with Gasteiger partial charge < -0.3 is 20.5 Å². The van der Waals surface area contributed by atoms with Crippen LogP contribution >= 0.6 is 0 Å². The van der Waals surface area contributed by atoms with Crippen LogP contribution in [0.25, 0.3) is 16.6 Å². The van der Waals surface area contributed by atoms with Gasteiger partial charge in [0.2, 0.25) is 11.9 Å². The molecule has 0 saturated carbocycles. The monoisotopic (exact) mass is 405 g/mol. The first-order valence-corrected chi connectivity index (χ1v) is 9.48. The number of rotatable bonds is 4. The number of pyridine rings is 1. The molecule has 0 unspecified atom stereocenters.